The number of imidazole rings is 1. The Balaban J connectivity index is 0.00000171. The molecule has 1 aliphatic rings. The number of nitrogens with zero attached hydrogens (tertiary/aromatic N) is 2. The first kappa shape index (κ1) is 24.7. The normalized spacial score (nSPS) is 15.5. The highest BCUT2D eigenvalue weighted by Gasteiger charge is 2.17. The predicted octanol–water partition coefficient (Wildman–Crippen LogP) is 3.08. The number of rotatable bonds is 7. The van der Waals surface area contributed by atoms with E-state index < -0.39 is 0 Å². The minimum atomic E-state index is -0.0792. The summed E-state index contributed by atoms with van der Waals surface area (Å²) in [5.74, 6) is 1.06. The number of aromatic nitrogens is 2. The maximum atomic E-state index is 12.3. The van der Waals surface area contributed by atoms with Crippen molar-refractivity contribution in [2.24, 2.45) is 0 Å². The molecule has 3 aromatic rings. The minimum absolute atomic E-state index is 0. The molecule has 1 atom stereocenters. The summed E-state index contributed by atoms with van der Waals surface area (Å²) in [5.41, 5.74) is 2.31. The molecule has 168 valence electrons. The Morgan fingerprint density at radius 3 is 2.90 bits per heavy atom. The number of hydrogen-bond acceptors (Lipinski definition) is 6. The van der Waals surface area contributed by atoms with Crippen LogP contribution in [0.1, 0.15) is 12.1 Å². The van der Waals surface area contributed by atoms with E-state index in [0.29, 0.717) is 43.4 Å². The lowest BCUT2D eigenvalue weighted by Gasteiger charge is -2.23. The van der Waals surface area contributed by atoms with Gasteiger partial charge < -0.3 is 29.2 Å². The highest BCUT2D eigenvalue weighted by Crippen LogP contribution is 2.31. The zero-order chi connectivity index (χ0) is 20.1. The smallest absolute Gasteiger partial charge is 0.226 e. The minimum Gasteiger partial charge on any atom is -0.493 e. The first-order chi connectivity index (χ1) is 14.2. The SMILES string of the molecule is COc1ccc(NC(=O)CC2COCCN2)cc1OCc1cn2ccccc2n1.Cl.Cl. The quantitative estimate of drug-likeness (QED) is 0.553. The number of hydrogen-bond donors (Lipinski definition) is 2. The number of carbonyl (C=O) groups excluding carboxylic acids is 1. The number of benzene rings is 1. The summed E-state index contributed by atoms with van der Waals surface area (Å²) in [4.78, 5) is 16.9. The van der Waals surface area contributed by atoms with Crippen LogP contribution in [0.2, 0.25) is 0 Å². The number of amides is 1. The molecule has 1 fully saturated rings. The van der Waals surface area contributed by atoms with E-state index in [9.17, 15) is 4.79 Å². The van der Waals surface area contributed by atoms with Gasteiger partial charge in [-0.15, -0.1) is 24.8 Å². The molecule has 10 heteroatoms. The van der Waals surface area contributed by atoms with Crippen LogP contribution in [-0.4, -0.2) is 48.2 Å². The molecule has 2 aromatic heterocycles. The molecule has 0 radical (unpaired) electrons. The first-order valence-corrected chi connectivity index (χ1v) is 9.56. The second-order valence-corrected chi connectivity index (χ2v) is 6.83. The Hall–Kier alpha value is -2.52. The van der Waals surface area contributed by atoms with Crippen molar-refractivity contribution in [2.75, 3.05) is 32.2 Å². The monoisotopic (exact) mass is 468 g/mol. The van der Waals surface area contributed by atoms with Crippen molar-refractivity contribution in [3.63, 3.8) is 0 Å². The average molecular weight is 469 g/mol. The number of pyridine rings is 1. The van der Waals surface area contributed by atoms with Gasteiger partial charge in [-0.3, -0.25) is 4.79 Å². The fraction of sp³-hybridized carbons (Fsp3) is 0.333. The summed E-state index contributed by atoms with van der Waals surface area (Å²) >= 11 is 0. The van der Waals surface area contributed by atoms with E-state index in [-0.39, 0.29) is 36.8 Å². The van der Waals surface area contributed by atoms with E-state index in [1.165, 1.54) is 0 Å². The van der Waals surface area contributed by atoms with Crippen molar-refractivity contribution >= 4 is 42.1 Å². The van der Waals surface area contributed by atoms with Crippen LogP contribution in [0.4, 0.5) is 5.69 Å². The lowest BCUT2D eigenvalue weighted by atomic mass is 10.2. The number of carbonyl (C=O) groups is 1. The second kappa shape index (κ2) is 11.8. The van der Waals surface area contributed by atoms with Gasteiger partial charge in [0, 0.05) is 43.2 Å². The molecule has 8 nitrogen and oxygen atoms in total. The number of morpholine rings is 1. The Bertz CT molecular complexity index is 959. The number of nitrogens with one attached hydrogen (secondary N) is 2. The van der Waals surface area contributed by atoms with Gasteiger partial charge in [0.05, 0.1) is 26.0 Å². The molecule has 0 spiro atoms. The number of halogens is 2. The van der Waals surface area contributed by atoms with Crippen LogP contribution in [-0.2, 0) is 16.1 Å². The number of fused-ring (bicyclic) bond motifs is 1. The van der Waals surface area contributed by atoms with Gasteiger partial charge in [-0.1, -0.05) is 6.07 Å². The maximum Gasteiger partial charge on any atom is 0.226 e. The Kier molecular flexibility index (Phi) is 9.39. The molecule has 31 heavy (non-hydrogen) atoms. The van der Waals surface area contributed by atoms with Gasteiger partial charge in [0.25, 0.3) is 0 Å². The molecular formula is C21H26Cl2N4O4. The van der Waals surface area contributed by atoms with Crippen molar-refractivity contribution in [1.82, 2.24) is 14.7 Å². The van der Waals surface area contributed by atoms with Crippen LogP contribution < -0.4 is 20.1 Å². The zero-order valence-electron chi connectivity index (χ0n) is 17.1. The molecule has 1 unspecified atom stereocenters. The van der Waals surface area contributed by atoms with Crippen molar-refractivity contribution in [1.29, 1.82) is 0 Å². The summed E-state index contributed by atoms with van der Waals surface area (Å²) in [6, 6.07) is 11.2. The maximum absolute atomic E-state index is 12.3. The lowest BCUT2D eigenvalue weighted by Crippen LogP contribution is -2.43. The average Bonchev–Trinajstić information content (AvgIpc) is 3.16. The van der Waals surface area contributed by atoms with E-state index >= 15 is 0 Å². The summed E-state index contributed by atoms with van der Waals surface area (Å²) < 4.78 is 18.6. The van der Waals surface area contributed by atoms with Gasteiger partial charge >= 0.3 is 0 Å². The molecule has 1 saturated heterocycles. The zero-order valence-corrected chi connectivity index (χ0v) is 18.7. The summed E-state index contributed by atoms with van der Waals surface area (Å²) in [6.07, 6.45) is 4.21. The molecule has 0 saturated carbocycles. The fourth-order valence-corrected chi connectivity index (χ4v) is 3.26. The topological polar surface area (TPSA) is 86.1 Å². The van der Waals surface area contributed by atoms with Crippen LogP contribution in [0.15, 0.2) is 48.8 Å². The standard InChI is InChI=1S/C21H24N4O4.2ClH/c1-27-18-6-5-15(24-21(26)11-16-13-28-9-7-22-16)10-19(18)29-14-17-12-25-8-3-2-4-20(25)23-17;;/h2-6,8,10,12,16,22H,7,9,11,13-14H2,1H3,(H,24,26);2*1H. The Morgan fingerprint density at radius 2 is 2.16 bits per heavy atom. The van der Waals surface area contributed by atoms with Gasteiger partial charge in [-0.05, 0) is 24.3 Å². The summed E-state index contributed by atoms with van der Waals surface area (Å²) in [5, 5.41) is 6.19. The number of ether oxygens (including phenoxy) is 3. The van der Waals surface area contributed by atoms with Gasteiger partial charge in [-0.25, -0.2) is 4.98 Å². The Morgan fingerprint density at radius 1 is 1.29 bits per heavy atom. The Labute approximate surface area is 193 Å². The first-order valence-electron chi connectivity index (χ1n) is 9.56. The van der Waals surface area contributed by atoms with E-state index in [0.717, 1.165) is 17.9 Å². The fourth-order valence-electron chi connectivity index (χ4n) is 3.26. The highest BCUT2D eigenvalue weighted by molar-refractivity contribution is 5.91. The third kappa shape index (κ3) is 6.48. The lowest BCUT2D eigenvalue weighted by molar-refractivity contribution is -0.117. The molecule has 0 aliphatic carbocycles. The van der Waals surface area contributed by atoms with E-state index in [1.54, 1.807) is 25.3 Å². The van der Waals surface area contributed by atoms with Gasteiger partial charge in [0.1, 0.15) is 12.3 Å². The van der Waals surface area contributed by atoms with Crippen LogP contribution in [0.3, 0.4) is 0 Å². The summed E-state index contributed by atoms with van der Waals surface area (Å²) in [7, 11) is 1.58. The van der Waals surface area contributed by atoms with Crippen LogP contribution in [0, 0.1) is 0 Å². The number of anilines is 1. The molecule has 1 aliphatic heterocycles. The predicted molar refractivity (Wildman–Crippen MR) is 123 cm³/mol. The molecule has 0 bridgehead atoms. The van der Waals surface area contributed by atoms with Crippen molar-refractivity contribution in [3.8, 4) is 11.5 Å². The molecule has 3 heterocycles. The molecule has 2 N–H and O–H groups in total. The molecule has 4 rings (SSSR count). The third-order valence-corrected chi connectivity index (χ3v) is 4.67. The molecule has 1 amide bonds. The summed E-state index contributed by atoms with van der Waals surface area (Å²) in [6.45, 7) is 2.29. The second-order valence-electron chi connectivity index (χ2n) is 6.83. The van der Waals surface area contributed by atoms with Gasteiger partial charge in [0.2, 0.25) is 5.91 Å². The van der Waals surface area contributed by atoms with Crippen molar-refractivity contribution in [3.05, 3.63) is 54.5 Å². The third-order valence-electron chi connectivity index (χ3n) is 4.67. The van der Waals surface area contributed by atoms with E-state index in [1.807, 2.05) is 35.0 Å². The van der Waals surface area contributed by atoms with Crippen LogP contribution >= 0.6 is 24.8 Å². The van der Waals surface area contributed by atoms with Gasteiger partial charge in [-0.2, -0.15) is 0 Å². The van der Waals surface area contributed by atoms with Crippen LogP contribution in [0.5, 0.6) is 11.5 Å². The van der Waals surface area contributed by atoms with Crippen molar-refractivity contribution in [2.45, 2.75) is 19.1 Å². The van der Waals surface area contributed by atoms with E-state index in [2.05, 4.69) is 15.6 Å². The molecular weight excluding hydrogens is 443 g/mol. The van der Waals surface area contributed by atoms with Crippen LogP contribution in [0.25, 0.3) is 5.65 Å². The van der Waals surface area contributed by atoms with Crippen molar-refractivity contribution < 1.29 is 19.0 Å². The van der Waals surface area contributed by atoms with E-state index in [4.69, 9.17) is 14.2 Å². The van der Waals surface area contributed by atoms with Gasteiger partial charge in [0.15, 0.2) is 11.5 Å². The highest BCUT2D eigenvalue weighted by atomic mass is 35.5. The largest absolute Gasteiger partial charge is 0.493 e. The number of methoxy groups -OCH3 is 1. The molecule has 1 aromatic carbocycles.